The van der Waals surface area contributed by atoms with Crippen LogP contribution in [0, 0.1) is 11.3 Å². The maximum Gasteiger partial charge on any atom is 0.189 e. The van der Waals surface area contributed by atoms with E-state index in [0.717, 1.165) is 23.7 Å². The van der Waals surface area contributed by atoms with Crippen LogP contribution in [0.4, 0.5) is 5.00 Å². The van der Waals surface area contributed by atoms with Gasteiger partial charge in [-0.15, -0.1) is 11.3 Å². The van der Waals surface area contributed by atoms with Gasteiger partial charge in [-0.3, -0.25) is 0 Å². The molecule has 0 aromatic carbocycles. The number of aliphatic imine (C=N–C) groups is 1. The van der Waals surface area contributed by atoms with Gasteiger partial charge in [0.25, 0.3) is 0 Å². The molecule has 1 heterocycles. The molecule has 0 fully saturated rings. The van der Waals surface area contributed by atoms with Gasteiger partial charge in [-0.1, -0.05) is 6.92 Å². The predicted octanol–water partition coefficient (Wildman–Crippen LogP) is 3.49. The van der Waals surface area contributed by atoms with Crippen LogP contribution in [0.25, 0.3) is 0 Å². The molecule has 15 heavy (non-hydrogen) atoms. The topological polar surface area (TPSA) is 45.4 Å². The first-order chi connectivity index (χ1) is 7.31. The number of rotatable bonds is 4. The van der Waals surface area contributed by atoms with Gasteiger partial charge in [0.15, 0.2) is 5.90 Å². The number of ether oxygens (including phenoxy) is 1. The minimum absolute atomic E-state index is 0.617. The molecule has 0 bridgehead atoms. The number of hydrogen-bond acceptors (Lipinski definition) is 4. The highest BCUT2D eigenvalue weighted by molar-refractivity contribution is 7.14. The molecule has 3 nitrogen and oxygen atoms in total. The minimum Gasteiger partial charge on any atom is -0.481 e. The molecule has 0 N–H and O–H groups in total. The molecule has 1 aromatic rings. The van der Waals surface area contributed by atoms with Gasteiger partial charge in [-0.25, -0.2) is 4.99 Å². The summed E-state index contributed by atoms with van der Waals surface area (Å²) in [5.41, 5.74) is 0.619. The lowest BCUT2D eigenvalue weighted by Gasteiger charge is -2.04. The molecule has 0 aliphatic rings. The Morgan fingerprint density at radius 2 is 2.40 bits per heavy atom. The van der Waals surface area contributed by atoms with E-state index in [-0.39, 0.29) is 0 Å². The van der Waals surface area contributed by atoms with Gasteiger partial charge in [-0.05, 0) is 24.8 Å². The van der Waals surface area contributed by atoms with Gasteiger partial charge in [0.1, 0.15) is 11.1 Å². The average Bonchev–Trinajstić information content (AvgIpc) is 2.66. The first-order valence-corrected chi connectivity index (χ1v) is 5.87. The standard InChI is InChI=1S/C11H14N2OS/c1-3-5-10(14-4-2)13-11-9(8-12)6-7-15-11/h6-7H,3-5H2,1-2H3. The van der Waals surface area contributed by atoms with E-state index in [1.165, 1.54) is 11.3 Å². The second-order valence-corrected chi connectivity index (χ2v) is 3.83. The van der Waals surface area contributed by atoms with E-state index >= 15 is 0 Å². The summed E-state index contributed by atoms with van der Waals surface area (Å²) in [5, 5.41) is 11.4. The molecule has 0 saturated carbocycles. The number of hydrogen-bond donors (Lipinski definition) is 0. The second-order valence-electron chi connectivity index (χ2n) is 2.94. The van der Waals surface area contributed by atoms with Crippen molar-refractivity contribution >= 4 is 22.2 Å². The Morgan fingerprint density at radius 1 is 1.60 bits per heavy atom. The molecule has 1 aromatic heterocycles. The summed E-state index contributed by atoms with van der Waals surface area (Å²) in [6.45, 7) is 4.63. The van der Waals surface area contributed by atoms with Crippen molar-refractivity contribution in [3.05, 3.63) is 17.0 Å². The summed E-state index contributed by atoms with van der Waals surface area (Å²) in [5.74, 6) is 0.721. The molecule has 0 aliphatic carbocycles. The fourth-order valence-electron chi connectivity index (χ4n) is 1.13. The van der Waals surface area contributed by atoms with Crippen LogP contribution in [-0.4, -0.2) is 12.5 Å². The van der Waals surface area contributed by atoms with Crippen LogP contribution in [0.1, 0.15) is 32.3 Å². The zero-order valence-electron chi connectivity index (χ0n) is 8.99. The Morgan fingerprint density at radius 3 is 3.00 bits per heavy atom. The summed E-state index contributed by atoms with van der Waals surface area (Å²) in [7, 11) is 0. The Labute approximate surface area is 94.0 Å². The van der Waals surface area contributed by atoms with Crippen LogP contribution in [0.3, 0.4) is 0 Å². The molecule has 0 amide bonds. The third-order valence-electron chi connectivity index (χ3n) is 1.77. The molecule has 80 valence electrons. The van der Waals surface area contributed by atoms with Crippen molar-refractivity contribution in [3.8, 4) is 6.07 Å². The van der Waals surface area contributed by atoms with E-state index in [1.807, 2.05) is 12.3 Å². The fourth-order valence-corrected chi connectivity index (χ4v) is 1.86. The van der Waals surface area contributed by atoms with Gasteiger partial charge < -0.3 is 4.74 Å². The minimum atomic E-state index is 0.617. The van der Waals surface area contributed by atoms with Crippen molar-refractivity contribution in [1.82, 2.24) is 0 Å². The van der Waals surface area contributed by atoms with E-state index < -0.39 is 0 Å². The Kier molecular flexibility index (Phi) is 4.85. The number of nitriles is 1. The largest absolute Gasteiger partial charge is 0.481 e. The lowest BCUT2D eigenvalue weighted by atomic mass is 10.3. The average molecular weight is 222 g/mol. The maximum absolute atomic E-state index is 8.83. The third-order valence-corrected chi connectivity index (χ3v) is 2.57. The first kappa shape index (κ1) is 11.7. The maximum atomic E-state index is 8.83. The van der Waals surface area contributed by atoms with Crippen LogP contribution < -0.4 is 0 Å². The first-order valence-electron chi connectivity index (χ1n) is 4.99. The summed E-state index contributed by atoms with van der Waals surface area (Å²) >= 11 is 1.46. The van der Waals surface area contributed by atoms with E-state index in [1.54, 1.807) is 6.07 Å². The molecular weight excluding hydrogens is 208 g/mol. The van der Waals surface area contributed by atoms with Crippen molar-refractivity contribution in [2.75, 3.05) is 6.61 Å². The lowest BCUT2D eigenvalue weighted by molar-refractivity contribution is 0.317. The predicted molar refractivity (Wildman–Crippen MR) is 62.7 cm³/mol. The summed E-state index contributed by atoms with van der Waals surface area (Å²) in [6, 6.07) is 3.89. The highest BCUT2D eigenvalue weighted by Crippen LogP contribution is 2.26. The van der Waals surface area contributed by atoms with Crippen LogP contribution in [-0.2, 0) is 4.74 Å². The second kappa shape index (κ2) is 6.20. The Balaban J connectivity index is 2.86. The normalized spacial score (nSPS) is 11.1. The van der Waals surface area contributed by atoms with Gasteiger partial charge in [0.2, 0.25) is 0 Å². The van der Waals surface area contributed by atoms with Crippen LogP contribution in [0.5, 0.6) is 0 Å². The molecule has 0 aliphatic heterocycles. The molecule has 0 spiro atoms. The van der Waals surface area contributed by atoms with Crippen molar-refractivity contribution < 1.29 is 4.74 Å². The van der Waals surface area contributed by atoms with Gasteiger partial charge in [-0.2, -0.15) is 5.26 Å². The third kappa shape index (κ3) is 3.37. The molecular formula is C11H14N2OS. The number of nitrogens with zero attached hydrogens (tertiary/aromatic N) is 2. The summed E-state index contributed by atoms with van der Waals surface area (Å²) < 4.78 is 5.40. The smallest absolute Gasteiger partial charge is 0.189 e. The monoisotopic (exact) mass is 222 g/mol. The zero-order chi connectivity index (χ0) is 11.1. The fraction of sp³-hybridized carbons (Fsp3) is 0.455. The number of thiophene rings is 1. The Hall–Kier alpha value is -1.34. The van der Waals surface area contributed by atoms with Crippen molar-refractivity contribution in [2.45, 2.75) is 26.7 Å². The quantitative estimate of drug-likeness (QED) is 0.578. The van der Waals surface area contributed by atoms with Crippen molar-refractivity contribution in [1.29, 1.82) is 5.26 Å². The zero-order valence-corrected chi connectivity index (χ0v) is 9.80. The van der Waals surface area contributed by atoms with Gasteiger partial charge in [0.05, 0.1) is 12.2 Å². The molecule has 4 heteroatoms. The molecule has 0 unspecified atom stereocenters. The van der Waals surface area contributed by atoms with Crippen molar-refractivity contribution in [2.24, 2.45) is 4.99 Å². The van der Waals surface area contributed by atoms with E-state index in [0.29, 0.717) is 12.2 Å². The highest BCUT2D eigenvalue weighted by Gasteiger charge is 2.04. The van der Waals surface area contributed by atoms with Crippen LogP contribution in [0.2, 0.25) is 0 Å². The van der Waals surface area contributed by atoms with Crippen LogP contribution in [0.15, 0.2) is 16.4 Å². The summed E-state index contributed by atoms with van der Waals surface area (Å²) in [6.07, 6.45) is 1.81. The van der Waals surface area contributed by atoms with Crippen molar-refractivity contribution in [3.63, 3.8) is 0 Å². The van der Waals surface area contributed by atoms with Gasteiger partial charge >= 0.3 is 0 Å². The van der Waals surface area contributed by atoms with E-state index in [2.05, 4.69) is 18.0 Å². The van der Waals surface area contributed by atoms with Gasteiger partial charge in [0, 0.05) is 6.42 Å². The Bertz CT molecular complexity index is 368. The van der Waals surface area contributed by atoms with E-state index in [4.69, 9.17) is 10.00 Å². The summed E-state index contributed by atoms with van der Waals surface area (Å²) in [4.78, 5) is 4.36. The highest BCUT2D eigenvalue weighted by atomic mass is 32.1. The van der Waals surface area contributed by atoms with Crippen LogP contribution >= 0.6 is 11.3 Å². The molecule has 0 radical (unpaired) electrons. The lowest BCUT2D eigenvalue weighted by Crippen LogP contribution is -2.03. The molecule has 0 atom stereocenters. The molecule has 1 rings (SSSR count). The SMILES string of the molecule is CCCC(=Nc1sccc1C#N)OCC. The molecule has 0 saturated heterocycles. The van der Waals surface area contributed by atoms with E-state index in [9.17, 15) is 0 Å².